The standard InChI is InChI=1S/C9H8ClFO2/c10-6-1-2-7(8(11)5-6)9-12-3-4-13-9/h1-2,5,9H,3-4H2. The molecular weight excluding hydrogens is 195 g/mol. The highest BCUT2D eigenvalue weighted by Gasteiger charge is 2.21. The van der Waals surface area contributed by atoms with E-state index in [1.807, 2.05) is 0 Å². The van der Waals surface area contributed by atoms with E-state index in [0.717, 1.165) is 0 Å². The second kappa shape index (κ2) is 3.62. The second-order valence-corrected chi connectivity index (χ2v) is 3.18. The Kier molecular flexibility index (Phi) is 2.49. The van der Waals surface area contributed by atoms with Gasteiger partial charge in [-0.05, 0) is 18.2 Å². The predicted molar refractivity (Wildman–Crippen MR) is 46.1 cm³/mol. The molecule has 0 aromatic heterocycles. The highest BCUT2D eigenvalue weighted by Crippen LogP contribution is 2.27. The Morgan fingerprint density at radius 3 is 2.62 bits per heavy atom. The third-order valence-corrected chi connectivity index (χ3v) is 2.07. The Bertz CT molecular complexity index is 310. The van der Waals surface area contributed by atoms with Crippen molar-refractivity contribution >= 4 is 11.6 Å². The molecule has 2 nitrogen and oxygen atoms in total. The third kappa shape index (κ3) is 1.82. The summed E-state index contributed by atoms with van der Waals surface area (Å²) in [5, 5.41) is 0.374. The van der Waals surface area contributed by atoms with Gasteiger partial charge in [-0.25, -0.2) is 4.39 Å². The van der Waals surface area contributed by atoms with E-state index in [2.05, 4.69) is 0 Å². The van der Waals surface area contributed by atoms with Gasteiger partial charge in [0, 0.05) is 10.6 Å². The van der Waals surface area contributed by atoms with E-state index in [-0.39, 0.29) is 5.82 Å². The minimum absolute atomic E-state index is 0.374. The third-order valence-electron chi connectivity index (χ3n) is 1.84. The number of ether oxygens (including phenoxy) is 2. The first-order valence-electron chi connectivity index (χ1n) is 3.95. The highest BCUT2D eigenvalue weighted by molar-refractivity contribution is 6.30. The summed E-state index contributed by atoms with van der Waals surface area (Å²) in [6, 6.07) is 4.45. The van der Waals surface area contributed by atoms with Crippen molar-refractivity contribution in [2.24, 2.45) is 0 Å². The zero-order valence-corrected chi connectivity index (χ0v) is 7.55. The topological polar surface area (TPSA) is 18.5 Å². The molecule has 1 fully saturated rings. The summed E-state index contributed by atoms with van der Waals surface area (Å²) < 4.78 is 23.6. The van der Waals surface area contributed by atoms with Crippen molar-refractivity contribution in [1.82, 2.24) is 0 Å². The maximum Gasteiger partial charge on any atom is 0.186 e. The van der Waals surface area contributed by atoms with Gasteiger partial charge >= 0.3 is 0 Å². The second-order valence-electron chi connectivity index (χ2n) is 2.74. The van der Waals surface area contributed by atoms with Crippen molar-refractivity contribution in [2.45, 2.75) is 6.29 Å². The highest BCUT2D eigenvalue weighted by atomic mass is 35.5. The van der Waals surface area contributed by atoms with Gasteiger partial charge in [0.25, 0.3) is 0 Å². The fraction of sp³-hybridized carbons (Fsp3) is 0.333. The van der Waals surface area contributed by atoms with E-state index in [1.54, 1.807) is 12.1 Å². The lowest BCUT2D eigenvalue weighted by molar-refractivity contribution is -0.0464. The average Bonchev–Trinajstić information content (AvgIpc) is 2.56. The molecule has 0 radical (unpaired) electrons. The first-order chi connectivity index (χ1) is 6.27. The minimum atomic E-state index is -0.572. The van der Waals surface area contributed by atoms with Crippen LogP contribution in [0, 0.1) is 5.82 Å². The van der Waals surface area contributed by atoms with Gasteiger partial charge in [0.2, 0.25) is 0 Å². The van der Waals surface area contributed by atoms with Crippen LogP contribution in [0.3, 0.4) is 0 Å². The maximum atomic E-state index is 13.3. The smallest absolute Gasteiger partial charge is 0.186 e. The molecule has 70 valence electrons. The first kappa shape index (κ1) is 8.94. The largest absolute Gasteiger partial charge is 0.346 e. The number of halogens is 2. The summed E-state index contributed by atoms with van der Waals surface area (Å²) >= 11 is 5.60. The minimum Gasteiger partial charge on any atom is -0.346 e. The molecule has 0 amide bonds. The van der Waals surface area contributed by atoms with Crippen molar-refractivity contribution in [1.29, 1.82) is 0 Å². The van der Waals surface area contributed by atoms with Crippen LogP contribution in [0.4, 0.5) is 4.39 Å². The van der Waals surface area contributed by atoms with Crippen molar-refractivity contribution in [3.63, 3.8) is 0 Å². The molecule has 4 heteroatoms. The van der Waals surface area contributed by atoms with Crippen molar-refractivity contribution in [3.8, 4) is 0 Å². The van der Waals surface area contributed by atoms with Gasteiger partial charge in [-0.1, -0.05) is 11.6 Å². The Labute approximate surface area is 80.2 Å². The normalized spacial score (nSPS) is 18.0. The van der Waals surface area contributed by atoms with Crippen LogP contribution < -0.4 is 0 Å². The van der Waals surface area contributed by atoms with Gasteiger partial charge in [0.15, 0.2) is 6.29 Å². The predicted octanol–water partition coefficient (Wildman–Crippen LogP) is 2.52. The van der Waals surface area contributed by atoms with E-state index >= 15 is 0 Å². The molecule has 1 heterocycles. The van der Waals surface area contributed by atoms with Gasteiger partial charge in [-0.2, -0.15) is 0 Å². The van der Waals surface area contributed by atoms with Gasteiger partial charge in [-0.3, -0.25) is 0 Å². The number of hydrogen-bond acceptors (Lipinski definition) is 2. The van der Waals surface area contributed by atoms with Crippen LogP contribution in [0.25, 0.3) is 0 Å². The lowest BCUT2D eigenvalue weighted by Gasteiger charge is -2.09. The van der Waals surface area contributed by atoms with Crippen LogP contribution in [-0.4, -0.2) is 13.2 Å². The fourth-order valence-corrected chi connectivity index (χ4v) is 1.39. The lowest BCUT2D eigenvalue weighted by Crippen LogP contribution is -2.00. The number of rotatable bonds is 1. The number of hydrogen-bond donors (Lipinski definition) is 0. The fourth-order valence-electron chi connectivity index (χ4n) is 1.23. The Morgan fingerprint density at radius 2 is 2.00 bits per heavy atom. The molecule has 1 aromatic carbocycles. The maximum absolute atomic E-state index is 13.3. The summed E-state index contributed by atoms with van der Waals surface area (Å²) in [7, 11) is 0. The van der Waals surface area contributed by atoms with E-state index in [9.17, 15) is 4.39 Å². The summed E-state index contributed by atoms with van der Waals surface area (Å²) in [6.07, 6.45) is -0.572. The van der Waals surface area contributed by atoms with Gasteiger partial charge in [0.05, 0.1) is 13.2 Å². The van der Waals surface area contributed by atoms with Gasteiger partial charge in [0.1, 0.15) is 5.82 Å². The molecular formula is C9H8ClFO2. The van der Waals surface area contributed by atoms with Crippen LogP contribution >= 0.6 is 11.6 Å². The monoisotopic (exact) mass is 202 g/mol. The lowest BCUT2D eigenvalue weighted by atomic mass is 10.2. The Balaban J connectivity index is 2.29. The quantitative estimate of drug-likeness (QED) is 0.697. The molecule has 0 aliphatic carbocycles. The van der Waals surface area contributed by atoms with Crippen LogP contribution in [0.15, 0.2) is 18.2 Å². The summed E-state index contributed by atoms with van der Waals surface area (Å²) in [5.41, 5.74) is 0.405. The van der Waals surface area contributed by atoms with Crippen molar-refractivity contribution in [2.75, 3.05) is 13.2 Å². The summed E-state index contributed by atoms with van der Waals surface area (Å²) in [6.45, 7) is 1.01. The molecule has 0 bridgehead atoms. The van der Waals surface area contributed by atoms with E-state index in [1.165, 1.54) is 6.07 Å². The first-order valence-corrected chi connectivity index (χ1v) is 4.33. The zero-order valence-electron chi connectivity index (χ0n) is 6.80. The molecule has 0 spiro atoms. The molecule has 1 saturated heterocycles. The number of benzene rings is 1. The Hall–Kier alpha value is -0.640. The Morgan fingerprint density at radius 1 is 1.31 bits per heavy atom. The average molecular weight is 203 g/mol. The van der Waals surface area contributed by atoms with E-state index < -0.39 is 6.29 Å². The van der Waals surface area contributed by atoms with Crippen molar-refractivity contribution < 1.29 is 13.9 Å². The molecule has 0 atom stereocenters. The van der Waals surface area contributed by atoms with Crippen LogP contribution in [0.1, 0.15) is 11.9 Å². The SMILES string of the molecule is Fc1cc(Cl)ccc1C1OCCO1. The molecule has 13 heavy (non-hydrogen) atoms. The van der Waals surface area contributed by atoms with E-state index in [0.29, 0.717) is 23.8 Å². The molecule has 1 aromatic rings. The van der Waals surface area contributed by atoms with E-state index in [4.69, 9.17) is 21.1 Å². The zero-order chi connectivity index (χ0) is 9.26. The molecule has 0 saturated carbocycles. The molecule has 2 rings (SSSR count). The molecule has 1 aliphatic rings. The molecule has 0 N–H and O–H groups in total. The van der Waals surface area contributed by atoms with Crippen molar-refractivity contribution in [3.05, 3.63) is 34.6 Å². The van der Waals surface area contributed by atoms with Gasteiger partial charge in [-0.15, -0.1) is 0 Å². The van der Waals surface area contributed by atoms with Gasteiger partial charge < -0.3 is 9.47 Å². The summed E-state index contributed by atoms with van der Waals surface area (Å²) in [4.78, 5) is 0. The van der Waals surface area contributed by atoms with Crippen LogP contribution in [0.5, 0.6) is 0 Å². The van der Waals surface area contributed by atoms with Crippen LogP contribution in [-0.2, 0) is 9.47 Å². The molecule has 0 unspecified atom stereocenters. The molecule has 1 aliphatic heterocycles. The summed E-state index contributed by atoms with van der Waals surface area (Å²) in [5.74, 6) is -0.389. The van der Waals surface area contributed by atoms with Crippen LogP contribution in [0.2, 0.25) is 5.02 Å².